The fourth-order valence-corrected chi connectivity index (χ4v) is 2.71. The van der Waals surface area contributed by atoms with E-state index in [-0.39, 0.29) is 5.91 Å². The summed E-state index contributed by atoms with van der Waals surface area (Å²) in [6, 6.07) is 13.5. The maximum atomic E-state index is 12.2. The van der Waals surface area contributed by atoms with Gasteiger partial charge in [-0.3, -0.25) is 4.79 Å². The first-order valence-electron chi connectivity index (χ1n) is 7.40. The monoisotopic (exact) mass is 305 g/mol. The maximum absolute atomic E-state index is 12.2. The van der Waals surface area contributed by atoms with E-state index in [1.165, 1.54) is 0 Å². The molecule has 0 aliphatic heterocycles. The number of aromatic nitrogens is 2. The van der Waals surface area contributed by atoms with E-state index in [2.05, 4.69) is 15.3 Å². The Labute approximate surface area is 132 Å². The number of nitrogens with zero attached hydrogens (tertiary/aromatic N) is 1. The molecule has 2 N–H and O–H groups in total. The van der Waals surface area contributed by atoms with Gasteiger partial charge in [0, 0.05) is 30.4 Å². The average molecular weight is 305 g/mol. The van der Waals surface area contributed by atoms with Gasteiger partial charge in [-0.25, -0.2) is 4.98 Å². The third-order valence-electron chi connectivity index (χ3n) is 3.76. The molecule has 114 valence electrons. The summed E-state index contributed by atoms with van der Waals surface area (Å²) in [5.41, 5.74) is 4.17. The van der Waals surface area contributed by atoms with Gasteiger partial charge in [-0.2, -0.15) is 0 Å². The summed E-state index contributed by atoms with van der Waals surface area (Å²) >= 11 is 0. The zero-order valence-electron chi connectivity index (χ0n) is 12.6. The van der Waals surface area contributed by atoms with Crippen molar-refractivity contribution >= 4 is 33.6 Å². The number of amides is 1. The lowest BCUT2D eigenvalue weighted by Gasteiger charge is -2.05. The van der Waals surface area contributed by atoms with Gasteiger partial charge in [0.2, 0.25) is 5.91 Å². The summed E-state index contributed by atoms with van der Waals surface area (Å²) < 4.78 is 5.48. The summed E-state index contributed by atoms with van der Waals surface area (Å²) in [5.74, 6) is 0.550. The Morgan fingerprint density at radius 3 is 3.04 bits per heavy atom. The highest BCUT2D eigenvalue weighted by Gasteiger charge is 2.08. The lowest BCUT2D eigenvalue weighted by molar-refractivity contribution is -0.115. The molecule has 23 heavy (non-hydrogen) atoms. The standard InChI is InChI=1S/C18H15N3O2/c1-11-20-15-5-4-14(10-17(15)23-11)21-18(22)9-12-2-3-13-6-7-19-16(13)8-12/h2-8,10,19H,9H2,1H3,(H,21,22). The van der Waals surface area contributed by atoms with Crippen molar-refractivity contribution in [3.05, 3.63) is 60.1 Å². The highest BCUT2D eigenvalue weighted by Crippen LogP contribution is 2.20. The molecule has 5 nitrogen and oxygen atoms in total. The first-order chi connectivity index (χ1) is 11.2. The highest BCUT2D eigenvalue weighted by molar-refractivity contribution is 5.94. The number of H-pyrrole nitrogens is 1. The number of anilines is 1. The molecule has 4 rings (SSSR count). The number of hydrogen-bond donors (Lipinski definition) is 2. The van der Waals surface area contributed by atoms with E-state index in [1.54, 1.807) is 13.0 Å². The second-order valence-corrected chi connectivity index (χ2v) is 5.54. The first kappa shape index (κ1) is 13.6. The molecule has 1 amide bonds. The van der Waals surface area contributed by atoms with Crippen LogP contribution in [0.1, 0.15) is 11.5 Å². The zero-order valence-corrected chi connectivity index (χ0v) is 12.6. The van der Waals surface area contributed by atoms with Crippen molar-refractivity contribution in [3.8, 4) is 0 Å². The number of carbonyl (C=O) groups excluding carboxylic acids is 1. The molecule has 0 unspecified atom stereocenters. The van der Waals surface area contributed by atoms with Crippen molar-refractivity contribution in [2.45, 2.75) is 13.3 Å². The second-order valence-electron chi connectivity index (χ2n) is 5.54. The van der Waals surface area contributed by atoms with E-state index in [4.69, 9.17) is 4.42 Å². The van der Waals surface area contributed by atoms with Crippen LogP contribution >= 0.6 is 0 Å². The van der Waals surface area contributed by atoms with Crippen molar-refractivity contribution in [3.63, 3.8) is 0 Å². The topological polar surface area (TPSA) is 70.9 Å². The lowest BCUT2D eigenvalue weighted by Crippen LogP contribution is -2.14. The van der Waals surface area contributed by atoms with Crippen molar-refractivity contribution in [2.24, 2.45) is 0 Å². The van der Waals surface area contributed by atoms with Gasteiger partial charge >= 0.3 is 0 Å². The van der Waals surface area contributed by atoms with Crippen molar-refractivity contribution < 1.29 is 9.21 Å². The van der Waals surface area contributed by atoms with Crippen LogP contribution in [0, 0.1) is 6.92 Å². The molecule has 2 aromatic carbocycles. The Hall–Kier alpha value is -3.08. The van der Waals surface area contributed by atoms with E-state index in [0.717, 1.165) is 22.0 Å². The van der Waals surface area contributed by atoms with Crippen molar-refractivity contribution in [1.82, 2.24) is 9.97 Å². The minimum absolute atomic E-state index is 0.0634. The Bertz CT molecular complexity index is 1010. The van der Waals surface area contributed by atoms with Gasteiger partial charge in [0.25, 0.3) is 0 Å². The largest absolute Gasteiger partial charge is 0.441 e. The number of nitrogens with one attached hydrogen (secondary N) is 2. The van der Waals surface area contributed by atoms with Crippen LogP contribution in [0.5, 0.6) is 0 Å². The van der Waals surface area contributed by atoms with Crippen LogP contribution in [-0.2, 0) is 11.2 Å². The third kappa shape index (κ3) is 2.68. The van der Waals surface area contributed by atoms with E-state index < -0.39 is 0 Å². The van der Waals surface area contributed by atoms with E-state index in [9.17, 15) is 4.79 Å². The van der Waals surface area contributed by atoms with Gasteiger partial charge in [0.05, 0.1) is 6.42 Å². The van der Waals surface area contributed by atoms with Crippen molar-refractivity contribution in [2.75, 3.05) is 5.32 Å². The summed E-state index contributed by atoms with van der Waals surface area (Å²) in [7, 11) is 0. The minimum atomic E-state index is -0.0634. The van der Waals surface area contributed by atoms with Gasteiger partial charge in [-0.05, 0) is 35.2 Å². The van der Waals surface area contributed by atoms with E-state index in [1.807, 2.05) is 42.6 Å². The number of oxazole rings is 1. The van der Waals surface area contributed by atoms with Gasteiger partial charge in [0.15, 0.2) is 11.5 Å². The predicted molar refractivity (Wildman–Crippen MR) is 89.4 cm³/mol. The molecule has 0 radical (unpaired) electrons. The Kier molecular flexibility index (Phi) is 3.12. The van der Waals surface area contributed by atoms with Crippen LogP contribution in [0.15, 0.2) is 53.1 Å². The molecular weight excluding hydrogens is 290 g/mol. The van der Waals surface area contributed by atoms with E-state index >= 15 is 0 Å². The summed E-state index contributed by atoms with van der Waals surface area (Å²) in [4.78, 5) is 19.6. The number of rotatable bonds is 3. The fraction of sp³-hybridized carbons (Fsp3) is 0.111. The summed E-state index contributed by atoms with van der Waals surface area (Å²) in [6.45, 7) is 1.80. The van der Waals surface area contributed by atoms with Crippen LogP contribution in [-0.4, -0.2) is 15.9 Å². The van der Waals surface area contributed by atoms with Crippen LogP contribution < -0.4 is 5.32 Å². The molecule has 0 bridgehead atoms. The van der Waals surface area contributed by atoms with E-state index in [0.29, 0.717) is 23.6 Å². The molecule has 5 heteroatoms. The number of hydrogen-bond acceptors (Lipinski definition) is 3. The third-order valence-corrected chi connectivity index (χ3v) is 3.76. The Balaban J connectivity index is 1.51. The van der Waals surface area contributed by atoms with Gasteiger partial charge in [-0.15, -0.1) is 0 Å². The van der Waals surface area contributed by atoms with Gasteiger partial charge in [-0.1, -0.05) is 12.1 Å². The molecule has 0 saturated heterocycles. The summed E-state index contributed by atoms with van der Waals surface area (Å²) in [5, 5.41) is 4.04. The number of aryl methyl sites for hydroxylation is 1. The van der Waals surface area contributed by atoms with Crippen LogP contribution in [0.4, 0.5) is 5.69 Å². The minimum Gasteiger partial charge on any atom is -0.441 e. The van der Waals surface area contributed by atoms with Crippen LogP contribution in [0.3, 0.4) is 0 Å². The molecule has 0 aliphatic rings. The average Bonchev–Trinajstić information content (AvgIpc) is 3.11. The maximum Gasteiger partial charge on any atom is 0.228 e. The van der Waals surface area contributed by atoms with Crippen molar-refractivity contribution in [1.29, 1.82) is 0 Å². The first-order valence-corrected chi connectivity index (χ1v) is 7.40. The van der Waals surface area contributed by atoms with Crippen LogP contribution in [0.2, 0.25) is 0 Å². The quantitative estimate of drug-likeness (QED) is 0.605. The predicted octanol–water partition coefficient (Wildman–Crippen LogP) is 3.80. The Morgan fingerprint density at radius 2 is 2.13 bits per heavy atom. The number of carbonyl (C=O) groups is 1. The van der Waals surface area contributed by atoms with Gasteiger partial charge in [0.1, 0.15) is 5.52 Å². The zero-order chi connectivity index (χ0) is 15.8. The molecule has 0 spiro atoms. The second kappa shape index (κ2) is 5.28. The van der Waals surface area contributed by atoms with Gasteiger partial charge < -0.3 is 14.7 Å². The normalized spacial score (nSPS) is 11.2. The molecule has 4 aromatic rings. The number of aromatic amines is 1. The number of fused-ring (bicyclic) bond motifs is 2. The molecule has 2 heterocycles. The smallest absolute Gasteiger partial charge is 0.228 e. The molecule has 0 atom stereocenters. The molecule has 2 aromatic heterocycles. The molecule has 0 fully saturated rings. The Morgan fingerprint density at radius 1 is 1.22 bits per heavy atom. The SMILES string of the molecule is Cc1nc2ccc(NC(=O)Cc3ccc4cc[nH]c4c3)cc2o1. The molecular formula is C18H15N3O2. The molecule has 0 aliphatic carbocycles. The highest BCUT2D eigenvalue weighted by atomic mass is 16.3. The summed E-state index contributed by atoms with van der Waals surface area (Å²) in [6.07, 6.45) is 2.21. The van der Waals surface area contributed by atoms with Crippen LogP contribution in [0.25, 0.3) is 22.0 Å². The molecule has 0 saturated carbocycles. The lowest BCUT2D eigenvalue weighted by atomic mass is 10.1. The fourth-order valence-electron chi connectivity index (χ4n) is 2.71. The number of benzene rings is 2.